The molecule has 0 aliphatic carbocycles. The number of hydrogen-bond donors (Lipinski definition) is 3. The first-order valence-electron chi connectivity index (χ1n) is 13.7. The first-order valence-corrected chi connectivity index (χ1v) is 14.1. The number of anilines is 3. The molecule has 0 atom stereocenters. The molecule has 0 bridgehead atoms. The van der Waals surface area contributed by atoms with Crippen molar-refractivity contribution in [1.29, 1.82) is 0 Å². The Labute approximate surface area is 238 Å². The molecule has 3 N–H and O–H groups in total. The molecule has 2 aliphatic heterocycles. The minimum Gasteiger partial charge on any atom is -0.491 e. The Balaban J connectivity index is 1.23. The van der Waals surface area contributed by atoms with Gasteiger partial charge in [0, 0.05) is 55.9 Å². The van der Waals surface area contributed by atoms with Gasteiger partial charge in [-0.3, -0.25) is 9.69 Å². The van der Waals surface area contributed by atoms with E-state index in [2.05, 4.69) is 42.3 Å². The SMILES string of the molecule is C=CC(=O)Nc1cc2c(Nc3ccc(F)c(Cl)c3)ncnc2cc1OCCCN1CCC(N2CCNCC2)CC1. The number of aromatic nitrogens is 2. The molecule has 5 rings (SSSR count). The van der Waals surface area contributed by atoms with Crippen molar-refractivity contribution >= 4 is 45.6 Å². The molecule has 2 aromatic carbocycles. The van der Waals surface area contributed by atoms with Gasteiger partial charge < -0.3 is 25.6 Å². The van der Waals surface area contributed by atoms with E-state index < -0.39 is 5.82 Å². The summed E-state index contributed by atoms with van der Waals surface area (Å²) in [5, 5.41) is 10.1. The molecule has 0 saturated carbocycles. The fraction of sp³-hybridized carbons (Fsp3) is 0.414. The highest BCUT2D eigenvalue weighted by molar-refractivity contribution is 6.31. The highest BCUT2D eigenvalue weighted by Gasteiger charge is 2.25. The summed E-state index contributed by atoms with van der Waals surface area (Å²) >= 11 is 5.94. The molecule has 2 fully saturated rings. The zero-order valence-corrected chi connectivity index (χ0v) is 23.2. The van der Waals surface area contributed by atoms with Gasteiger partial charge in [0.05, 0.1) is 22.8 Å². The lowest BCUT2D eigenvalue weighted by Gasteiger charge is -2.40. The van der Waals surface area contributed by atoms with Crippen molar-refractivity contribution < 1.29 is 13.9 Å². The first-order chi connectivity index (χ1) is 19.5. The molecule has 40 heavy (non-hydrogen) atoms. The van der Waals surface area contributed by atoms with Crippen LogP contribution < -0.4 is 20.7 Å². The van der Waals surface area contributed by atoms with Crippen LogP contribution in [0.5, 0.6) is 5.75 Å². The Morgan fingerprint density at radius 3 is 2.73 bits per heavy atom. The number of amides is 1. The molecule has 11 heteroatoms. The van der Waals surface area contributed by atoms with E-state index in [0.717, 1.165) is 52.2 Å². The maximum Gasteiger partial charge on any atom is 0.247 e. The van der Waals surface area contributed by atoms with Crippen LogP contribution in [0.25, 0.3) is 10.9 Å². The molecule has 1 aromatic heterocycles. The van der Waals surface area contributed by atoms with Crippen LogP contribution in [0.2, 0.25) is 5.02 Å². The third kappa shape index (κ3) is 7.06. The second kappa shape index (κ2) is 13.4. The lowest BCUT2D eigenvalue weighted by Crippen LogP contribution is -2.52. The van der Waals surface area contributed by atoms with Crippen LogP contribution in [-0.2, 0) is 4.79 Å². The summed E-state index contributed by atoms with van der Waals surface area (Å²) in [6, 6.07) is 8.59. The number of hydrogen-bond acceptors (Lipinski definition) is 8. The van der Waals surface area contributed by atoms with E-state index in [1.54, 1.807) is 18.2 Å². The third-order valence-electron chi connectivity index (χ3n) is 7.46. The zero-order chi connectivity index (χ0) is 27.9. The van der Waals surface area contributed by atoms with Gasteiger partial charge in [-0.05, 0) is 62.7 Å². The van der Waals surface area contributed by atoms with E-state index >= 15 is 0 Å². The molecule has 1 amide bonds. The van der Waals surface area contributed by atoms with Crippen molar-refractivity contribution in [3.63, 3.8) is 0 Å². The van der Waals surface area contributed by atoms with Gasteiger partial charge in [-0.15, -0.1) is 0 Å². The topological polar surface area (TPSA) is 94.6 Å². The average Bonchev–Trinajstić information content (AvgIpc) is 2.98. The van der Waals surface area contributed by atoms with E-state index in [9.17, 15) is 9.18 Å². The van der Waals surface area contributed by atoms with Crippen molar-refractivity contribution in [3.05, 3.63) is 60.2 Å². The molecule has 2 saturated heterocycles. The minimum absolute atomic E-state index is 0.00176. The van der Waals surface area contributed by atoms with E-state index in [0.29, 0.717) is 46.5 Å². The Kier molecular flexibility index (Phi) is 9.43. The summed E-state index contributed by atoms with van der Waals surface area (Å²) in [6.45, 7) is 11.7. The van der Waals surface area contributed by atoms with Crippen molar-refractivity contribution in [3.8, 4) is 5.75 Å². The predicted octanol–water partition coefficient (Wildman–Crippen LogP) is 4.43. The largest absolute Gasteiger partial charge is 0.491 e. The van der Waals surface area contributed by atoms with Gasteiger partial charge in [-0.2, -0.15) is 0 Å². The van der Waals surface area contributed by atoms with Crippen molar-refractivity contribution in [2.75, 3.05) is 63.1 Å². The van der Waals surface area contributed by atoms with Gasteiger partial charge in [0.1, 0.15) is 23.7 Å². The van der Waals surface area contributed by atoms with E-state index in [-0.39, 0.29) is 10.9 Å². The Morgan fingerprint density at radius 1 is 1.18 bits per heavy atom. The van der Waals surface area contributed by atoms with E-state index in [1.807, 2.05) is 0 Å². The Hall–Kier alpha value is -3.31. The summed E-state index contributed by atoms with van der Waals surface area (Å²) < 4.78 is 19.8. The number of piperazine rings is 1. The molecule has 0 unspecified atom stereocenters. The maximum absolute atomic E-state index is 13.6. The van der Waals surface area contributed by atoms with Gasteiger partial charge in [-0.1, -0.05) is 18.2 Å². The third-order valence-corrected chi connectivity index (χ3v) is 7.75. The Bertz CT molecular complexity index is 1340. The van der Waals surface area contributed by atoms with Crippen molar-refractivity contribution in [2.24, 2.45) is 0 Å². The van der Waals surface area contributed by atoms with E-state index in [4.69, 9.17) is 16.3 Å². The second-order valence-corrected chi connectivity index (χ2v) is 10.5. The fourth-order valence-corrected chi connectivity index (χ4v) is 5.50. The molecule has 9 nitrogen and oxygen atoms in total. The molecule has 0 spiro atoms. The molecular formula is C29H35ClFN7O2. The molecule has 2 aliphatic rings. The highest BCUT2D eigenvalue weighted by Crippen LogP contribution is 2.34. The second-order valence-electron chi connectivity index (χ2n) is 10.1. The normalized spacial score (nSPS) is 17.1. The summed E-state index contributed by atoms with van der Waals surface area (Å²) in [5.41, 5.74) is 1.69. The van der Waals surface area contributed by atoms with Crippen LogP contribution >= 0.6 is 11.6 Å². The zero-order valence-electron chi connectivity index (χ0n) is 22.5. The van der Waals surface area contributed by atoms with Crippen LogP contribution in [0, 0.1) is 5.82 Å². The van der Waals surface area contributed by atoms with Crippen LogP contribution in [0.3, 0.4) is 0 Å². The number of likely N-dealkylation sites (tertiary alicyclic amines) is 1. The van der Waals surface area contributed by atoms with E-state index in [1.165, 1.54) is 37.4 Å². The van der Waals surface area contributed by atoms with Gasteiger partial charge in [-0.25, -0.2) is 14.4 Å². The van der Waals surface area contributed by atoms with Crippen LogP contribution in [0.1, 0.15) is 19.3 Å². The standard InChI is InChI=1S/C29H35ClFN7O2/c1-2-28(39)36-26-17-22-25(33-19-34-29(22)35-20-4-5-24(31)23(30)16-20)18-27(26)40-15-3-10-37-11-6-21(7-12-37)38-13-8-32-9-14-38/h2,4-5,16-19,21,32H,1,3,6-15H2,(H,36,39)(H,33,34,35). The summed E-state index contributed by atoms with van der Waals surface area (Å²) in [5.74, 6) is 0.149. The quantitative estimate of drug-likeness (QED) is 0.245. The molecular weight excluding hydrogens is 533 g/mol. The first kappa shape index (κ1) is 28.2. The van der Waals surface area contributed by atoms with Crippen molar-refractivity contribution in [1.82, 2.24) is 25.1 Å². The smallest absolute Gasteiger partial charge is 0.247 e. The van der Waals surface area contributed by atoms with Crippen LogP contribution in [0.4, 0.5) is 21.6 Å². The summed E-state index contributed by atoms with van der Waals surface area (Å²) in [6.07, 6.45) is 5.94. The number of carbonyl (C=O) groups excluding carboxylic acids is 1. The molecule has 0 radical (unpaired) electrons. The number of halogens is 2. The number of ether oxygens (including phenoxy) is 1. The van der Waals surface area contributed by atoms with Gasteiger partial charge in [0.2, 0.25) is 5.91 Å². The molecule has 212 valence electrons. The van der Waals surface area contributed by atoms with Crippen LogP contribution in [-0.4, -0.2) is 84.1 Å². The monoisotopic (exact) mass is 567 g/mol. The van der Waals surface area contributed by atoms with Crippen molar-refractivity contribution in [2.45, 2.75) is 25.3 Å². The molecule has 3 heterocycles. The lowest BCUT2D eigenvalue weighted by atomic mass is 10.0. The Morgan fingerprint density at radius 2 is 1.98 bits per heavy atom. The number of benzene rings is 2. The van der Waals surface area contributed by atoms with Gasteiger partial charge in [0.25, 0.3) is 0 Å². The average molecular weight is 568 g/mol. The number of nitrogens with zero attached hydrogens (tertiary/aromatic N) is 4. The molecule has 3 aromatic rings. The number of carbonyl (C=O) groups is 1. The number of piperidine rings is 1. The number of rotatable bonds is 10. The number of fused-ring (bicyclic) bond motifs is 1. The minimum atomic E-state index is -0.504. The summed E-state index contributed by atoms with van der Waals surface area (Å²) in [4.78, 5) is 26.1. The fourth-order valence-electron chi connectivity index (χ4n) is 5.32. The number of nitrogens with one attached hydrogen (secondary N) is 3. The lowest BCUT2D eigenvalue weighted by molar-refractivity contribution is -0.111. The van der Waals surface area contributed by atoms with Gasteiger partial charge in [0.15, 0.2) is 0 Å². The predicted molar refractivity (Wildman–Crippen MR) is 157 cm³/mol. The summed E-state index contributed by atoms with van der Waals surface area (Å²) in [7, 11) is 0. The van der Waals surface area contributed by atoms with Crippen LogP contribution in [0.15, 0.2) is 49.3 Å². The maximum atomic E-state index is 13.6. The van der Waals surface area contributed by atoms with Gasteiger partial charge >= 0.3 is 0 Å². The highest BCUT2D eigenvalue weighted by atomic mass is 35.5.